The van der Waals surface area contributed by atoms with Gasteiger partial charge in [-0.05, 0) is 51.1 Å². The van der Waals surface area contributed by atoms with Crippen molar-refractivity contribution in [2.45, 2.75) is 39.2 Å². The second kappa shape index (κ2) is 6.09. The molecule has 0 radical (unpaired) electrons. The molecule has 1 fully saturated rings. The number of rotatable bonds is 6. The van der Waals surface area contributed by atoms with Crippen LogP contribution in [0.2, 0.25) is 0 Å². The second-order valence-corrected chi connectivity index (χ2v) is 7.16. The molecule has 2 atom stereocenters. The van der Waals surface area contributed by atoms with E-state index in [9.17, 15) is 4.79 Å². The van der Waals surface area contributed by atoms with Crippen LogP contribution >= 0.6 is 11.3 Å². The van der Waals surface area contributed by atoms with E-state index in [1.165, 1.54) is 0 Å². The summed E-state index contributed by atoms with van der Waals surface area (Å²) >= 11 is 1.65. The number of thiophene rings is 1. The van der Waals surface area contributed by atoms with Gasteiger partial charge in [0.15, 0.2) is 0 Å². The summed E-state index contributed by atoms with van der Waals surface area (Å²) in [4.78, 5) is 16.3. The van der Waals surface area contributed by atoms with Gasteiger partial charge in [-0.1, -0.05) is 11.2 Å². The summed E-state index contributed by atoms with van der Waals surface area (Å²) in [7, 11) is 0. The van der Waals surface area contributed by atoms with Crippen LogP contribution in [0.5, 0.6) is 0 Å². The minimum atomic E-state index is -0.419. The first-order valence-electron chi connectivity index (χ1n) is 7.99. The second-order valence-electron chi connectivity index (χ2n) is 6.21. The molecule has 2 N–H and O–H groups in total. The predicted molar refractivity (Wildman–Crippen MR) is 90.2 cm³/mol. The van der Waals surface area contributed by atoms with E-state index >= 15 is 0 Å². The highest BCUT2D eigenvalue weighted by Crippen LogP contribution is 2.56. The molecule has 0 aromatic carbocycles. The van der Waals surface area contributed by atoms with Crippen molar-refractivity contribution in [3.8, 4) is 0 Å². The molecule has 124 valence electrons. The lowest BCUT2D eigenvalue weighted by Crippen LogP contribution is -2.40. The molecule has 2 heterocycles. The standard InChI is InChI=1S/C17H23N3O2S/c1-4-20(10-14-11(2)19-22-12(14)3)16(21)17(8-13(17)9-18)15-6-5-7-23-15/h5-7,13H,4,8-10,18H2,1-3H3/t13-,17-/m0/s1. The number of hydrogen-bond acceptors (Lipinski definition) is 5. The van der Waals surface area contributed by atoms with Crippen molar-refractivity contribution in [1.82, 2.24) is 10.1 Å². The number of carbonyl (C=O) groups is 1. The molecule has 3 rings (SSSR count). The predicted octanol–water partition coefficient (Wildman–Crippen LogP) is 2.62. The van der Waals surface area contributed by atoms with Gasteiger partial charge in [0.25, 0.3) is 0 Å². The molecule has 2 aromatic rings. The topological polar surface area (TPSA) is 72.4 Å². The lowest BCUT2D eigenvalue weighted by atomic mass is 9.98. The highest BCUT2D eigenvalue weighted by atomic mass is 32.1. The third-order valence-electron chi connectivity index (χ3n) is 4.93. The van der Waals surface area contributed by atoms with E-state index in [0.29, 0.717) is 19.6 Å². The summed E-state index contributed by atoms with van der Waals surface area (Å²) in [6, 6.07) is 4.06. The zero-order valence-corrected chi connectivity index (χ0v) is 14.7. The number of carbonyl (C=O) groups excluding carboxylic acids is 1. The van der Waals surface area contributed by atoms with Gasteiger partial charge in [-0.3, -0.25) is 4.79 Å². The maximum atomic E-state index is 13.3. The highest BCUT2D eigenvalue weighted by Gasteiger charge is 2.62. The van der Waals surface area contributed by atoms with Gasteiger partial charge < -0.3 is 15.2 Å². The average Bonchev–Trinajstić information content (AvgIpc) is 2.87. The minimum absolute atomic E-state index is 0.179. The van der Waals surface area contributed by atoms with Gasteiger partial charge in [0.05, 0.1) is 17.7 Å². The molecule has 0 spiro atoms. The van der Waals surface area contributed by atoms with Crippen LogP contribution in [0.3, 0.4) is 0 Å². The van der Waals surface area contributed by atoms with E-state index in [1.54, 1.807) is 11.3 Å². The van der Waals surface area contributed by atoms with Gasteiger partial charge in [0.2, 0.25) is 5.91 Å². The van der Waals surface area contributed by atoms with Gasteiger partial charge in [0.1, 0.15) is 5.76 Å². The van der Waals surface area contributed by atoms with Crippen molar-refractivity contribution in [1.29, 1.82) is 0 Å². The lowest BCUT2D eigenvalue weighted by molar-refractivity contribution is -0.134. The molecule has 0 aliphatic heterocycles. The van der Waals surface area contributed by atoms with Crippen molar-refractivity contribution in [2.24, 2.45) is 11.7 Å². The van der Waals surface area contributed by atoms with Crippen LogP contribution in [0.25, 0.3) is 0 Å². The third kappa shape index (κ3) is 2.60. The Balaban J connectivity index is 1.87. The van der Waals surface area contributed by atoms with Crippen LogP contribution in [0, 0.1) is 19.8 Å². The van der Waals surface area contributed by atoms with Gasteiger partial charge in [-0.15, -0.1) is 11.3 Å². The summed E-state index contributed by atoms with van der Waals surface area (Å²) in [5.41, 5.74) is 7.33. The Hall–Kier alpha value is -1.66. The van der Waals surface area contributed by atoms with Gasteiger partial charge in [0, 0.05) is 17.0 Å². The monoisotopic (exact) mass is 333 g/mol. The largest absolute Gasteiger partial charge is 0.361 e. The molecule has 1 aliphatic rings. The van der Waals surface area contributed by atoms with Crippen molar-refractivity contribution in [3.63, 3.8) is 0 Å². The number of aryl methyl sites for hydroxylation is 2. The normalized spacial score (nSPS) is 23.0. The average molecular weight is 333 g/mol. The molecule has 5 nitrogen and oxygen atoms in total. The maximum absolute atomic E-state index is 13.3. The fraction of sp³-hybridized carbons (Fsp3) is 0.529. The van der Waals surface area contributed by atoms with Crippen molar-refractivity contribution in [2.75, 3.05) is 13.1 Å². The number of hydrogen-bond donors (Lipinski definition) is 1. The Morgan fingerprint density at radius 2 is 2.35 bits per heavy atom. The van der Waals surface area contributed by atoms with E-state index in [0.717, 1.165) is 28.3 Å². The molecule has 1 saturated carbocycles. The van der Waals surface area contributed by atoms with Gasteiger partial charge >= 0.3 is 0 Å². The number of nitrogens with zero attached hydrogens (tertiary/aromatic N) is 2. The van der Waals surface area contributed by atoms with Crippen LogP contribution in [0.4, 0.5) is 0 Å². The first-order valence-corrected chi connectivity index (χ1v) is 8.87. The summed E-state index contributed by atoms with van der Waals surface area (Å²) in [6.07, 6.45) is 0.848. The maximum Gasteiger partial charge on any atom is 0.234 e. The number of aromatic nitrogens is 1. The molecule has 2 aromatic heterocycles. The molecule has 6 heteroatoms. The minimum Gasteiger partial charge on any atom is -0.361 e. The Labute approximate surface area is 140 Å². The van der Waals surface area contributed by atoms with E-state index < -0.39 is 5.41 Å². The summed E-state index contributed by atoms with van der Waals surface area (Å²) < 4.78 is 5.23. The summed E-state index contributed by atoms with van der Waals surface area (Å²) in [6.45, 7) is 7.57. The number of likely N-dealkylation sites (N-methyl/N-ethyl adjacent to an activating group) is 1. The number of amides is 1. The fourth-order valence-electron chi connectivity index (χ4n) is 3.34. The Kier molecular flexibility index (Phi) is 4.29. The van der Waals surface area contributed by atoms with E-state index in [1.807, 2.05) is 37.1 Å². The van der Waals surface area contributed by atoms with Crippen molar-refractivity contribution < 1.29 is 9.32 Å². The van der Waals surface area contributed by atoms with Crippen LogP contribution < -0.4 is 5.73 Å². The van der Waals surface area contributed by atoms with Gasteiger partial charge in [-0.25, -0.2) is 0 Å². The quantitative estimate of drug-likeness (QED) is 0.882. The van der Waals surface area contributed by atoms with Crippen molar-refractivity contribution in [3.05, 3.63) is 39.4 Å². The van der Waals surface area contributed by atoms with E-state index in [-0.39, 0.29) is 11.8 Å². The molecule has 0 bridgehead atoms. The molecule has 0 saturated heterocycles. The van der Waals surface area contributed by atoms with E-state index in [4.69, 9.17) is 10.3 Å². The van der Waals surface area contributed by atoms with Crippen LogP contribution in [-0.2, 0) is 16.8 Å². The summed E-state index contributed by atoms with van der Waals surface area (Å²) in [5, 5.41) is 6.02. The first kappa shape index (κ1) is 16.2. The van der Waals surface area contributed by atoms with Gasteiger partial charge in [-0.2, -0.15) is 0 Å². The smallest absolute Gasteiger partial charge is 0.234 e. The Morgan fingerprint density at radius 1 is 1.57 bits per heavy atom. The van der Waals surface area contributed by atoms with Crippen molar-refractivity contribution >= 4 is 17.2 Å². The molecule has 1 amide bonds. The third-order valence-corrected chi connectivity index (χ3v) is 5.98. The Bertz CT molecular complexity index is 675. The molecular weight excluding hydrogens is 310 g/mol. The van der Waals surface area contributed by atoms with E-state index in [2.05, 4.69) is 11.2 Å². The van der Waals surface area contributed by atoms with Crippen LogP contribution in [0.1, 0.15) is 35.2 Å². The molecule has 23 heavy (non-hydrogen) atoms. The zero-order chi connectivity index (χ0) is 16.6. The summed E-state index contributed by atoms with van der Waals surface area (Å²) in [5.74, 6) is 1.20. The number of nitrogens with two attached hydrogens (primary N) is 1. The molecular formula is C17H23N3O2S. The highest BCUT2D eigenvalue weighted by molar-refractivity contribution is 7.10. The van der Waals surface area contributed by atoms with Crippen LogP contribution in [0.15, 0.2) is 22.0 Å². The molecule has 1 aliphatic carbocycles. The fourth-order valence-corrected chi connectivity index (χ4v) is 4.35. The Morgan fingerprint density at radius 3 is 2.83 bits per heavy atom. The van der Waals surface area contributed by atoms with Crippen LogP contribution in [-0.4, -0.2) is 29.1 Å². The zero-order valence-electron chi connectivity index (χ0n) is 13.8. The SMILES string of the molecule is CCN(Cc1c(C)noc1C)C(=O)[C@@]1(c2cccs2)C[C@H]1CN. The lowest BCUT2D eigenvalue weighted by Gasteiger charge is -2.26. The molecule has 0 unspecified atom stereocenters. The first-order chi connectivity index (χ1) is 11.0.